The summed E-state index contributed by atoms with van der Waals surface area (Å²) < 4.78 is 11.3. The first kappa shape index (κ1) is 35.0. The Balaban J connectivity index is 0.000000819. The Morgan fingerprint density at radius 1 is 0.923 bits per heavy atom. The minimum absolute atomic E-state index is 0.253. The monoisotopic (exact) mass is 544 g/mol. The van der Waals surface area contributed by atoms with Crippen molar-refractivity contribution in [1.29, 1.82) is 0 Å². The van der Waals surface area contributed by atoms with Crippen LogP contribution in [-0.2, 0) is 14.4 Å². The number of unbranched alkanes of at least 4 members (excludes halogenated alkanes) is 2. The maximum Gasteiger partial charge on any atom is 0.242 e. The van der Waals surface area contributed by atoms with E-state index in [1.165, 1.54) is 19.0 Å². The second-order valence-corrected chi connectivity index (χ2v) is 8.23. The van der Waals surface area contributed by atoms with Gasteiger partial charge in [0.15, 0.2) is 0 Å². The van der Waals surface area contributed by atoms with Gasteiger partial charge in [-0.1, -0.05) is 0 Å². The van der Waals surface area contributed by atoms with E-state index in [-0.39, 0.29) is 12.3 Å². The van der Waals surface area contributed by atoms with Crippen molar-refractivity contribution >= 4 is 31.2 Å². The van der Waals surface area contributed by atoms with Crippen LogP contribution in [0.1, 0.15) is 58.4 Å². The van der Waals surface area contributed by atoms with Gasteiger partial charge in [0.25, 0.3) is 0 Å². The van der Waals surface area contributed by atoms with E-state index in [1.807, 2.05) is 19.1 Å². The number of carbonyl (C=O) groups is 5. The van der Waals surface area contributed by atoms with E-state index in [0.717, 1.165) is 62.3 Å². The fraction of sp³-hybridized carbons (Fsp3) is 0.414. The van der Waals surface area contributed by atoms with Gasteiger partial charge in [-0.05, 0) is 80.6 Å². The molecule has 2 aromatic carbocycles. The highest BCUT2D eigenvalue weighted by Gasteiger charge is 2.20. The number of hydrogen-bond acceptors (Lipinski definition) is 8. The normalized spacial score (nSPS) is 10.3. The van der Waals surface area contributed by atoms with Gasteiger partial charge < -0.3 is 29.6 Å². The molecule has 39 heavy (non-hydrogen) atoms. The smallest absolute Gasteiger partial charge is 0.242 e. The molecule has 0 bridgehead atoms. The fourth-order valence-electron chi connectivity index (χ4n) is 3.26. The van der Waals surface area contributed by atoms with Crippen LogP contribution in [0.25, 0.3) is 0 Å². The zero-order valence-electron chi connectivity index (χ0n) is 23.1. The number of nitrogens with one attached hydrogen (secondary N) is 1. The number of ether oxygens (including phenoxy) is 2. The van der Waals surface area contributed by atoms with Gasteiger partial charge in [-0.3, -0.25) is 19.2 Å². The summed E-state index contributed by atoms with van der Waals surface area (Å²) in [6.45, 7) is 3.19. The zero-order valence-corrected chi connectivity index (χ0v) is 23.1. The SMILES string of the molecule is CNC(=O)C(CCC=O)N(C)C=O.CO.Cc1cc(OCCCCCOc2ccc(C=O)cc2)ccc1C=O. The van der Waals surface area contributed by atoms with Crippen LogP contribution >= 0.6 is 0 Å². The van der Waals surface area contributed by atoms with Crippen molar-refractivity contribution in [3.8, 4) is 11.5 Å². The van der Waals surface area contributed by atoms with Gasteiger partial charge in [0.1, 0.15) is 36.4 Å². The van der Waals surface area contributed by atoms with Crippen molar-refractivity contribution in [2.75, 3.05) is 34.4 Å². The van der Waals surface area contributed by atoms with Crippen LogP contribution in [0.5, 0.6) is 11.5 Å². The number of aliphatic hydroxyl groups is 1. The van der Waals surface area contributed by atoms with Gasteiger partial charge in [-0.25, -0.2) is 0 Å². The molecule has 0 aliphatic rings. The Labute approximate surface area is 230 Å². The molecule has 0 aliphatic heterocycles. The summed E-state index contributed by atoms with van der Waals surface area (Å²) in [6, 6.07) is 12.0. The topological polar surface area (TPSA) is 139 Å². The first-order chi connectivity index (χ1) is 18.9. The molecule has 2 aromatic rings. The Morgan fingerprint density at radius 2 is 1.51 bits per heavy atom. The van der Waals surface area contributed by atoms with Gasteiger partial charge >= 0.3 is 0 Å². The van der Waals surface area contributed by atoms with Gasteiger partial charge in [-0.15, -0.1) is 0 Å². The van der Waals surface area contributed by atoms with Crippen LogP contribution in [0.2, 0.25) is 0 Å². The van der Waals surface area contributed by atoms with E-state index in [4.69, 9.17) is 14.6 Å². The number of carbonyl (C=O) groups excluding carboxylic acids is 5. The van der Waals surface area contributed by atoms with Crippen molar-refractivity contribution in [2.45, 2.75) is 45.1 Å². The highest BCUT2D eigenvalue weighted by Crippen LogP contribution is 2.17. The van der Waals surface area contributed by atoms with E-state index in [0.29, 0.717) is 37.2 Å². The predicted molar refractivity (Wildman–Crippen MR) is 148 cm³/mol. The molecule has 1 unspecified atom stereocenters. The Kier molecular flexibility index (Phi) is 19.7. The lowest BCUT2D eigenvalue weighted by Gasteiger charge is -2.21. The molecule has 2 rings (SSSR count). The lowest BCUT2D eigenvalue weighted by molar-refractivity contribution is -0.131. The average Bonchev–Trinajstić information content (AvgIpc) is 2.98. The van der Waals surface area contributed by atoms with E-state index in [2.05, 4.69) is 5.32 Å². The first-order valence-corrected chi connectivity index (χ1v) is 12.5. The lowest BCUT2D eigenvalue weighted by atomic mass is 10.1. The Hall–Kier alpha value is -4.05. The summed E-state index contributed by atoms with van der Waals surface area (Å²) in [7, 11) is 4.01. The van der Waals surface area contributed by atoms with Crippen LogP contribution in [0.4, 0.5) is 0 Å². The largest absolute Gasteiger partial charge is 0.494 e. The minimum Gasteiger partial charge on any atom is -0.494 e. The molecule has 10 nitrogen and oxygen atoms in total. The number of benzene rings is 2. The van der Waals surface area contributed by atoms with Crippen molar-refractivity contribution in [2.24, 2.45) is 0 Å². The van der Waals surface area contributed by atoms with Crippen molar-refractivity contribution in [1.82, 2.24) is 10.2 Å². The number of aliphatic hydroxyl groups excluding tert-OH is 1. The number of aldehydes is 3. The average molecular weight is 545 g/mol. The fourth-order valence-corrected chi connectivity index (χ4v) is 3.26. The summed E-state index contributed by atoms with van der Waals surface area (Å²) in [4.78, 5) is 54.3. The molecular formula is C29H40N2O8. The van der Waals surface area contributed by atoms with Crippen LogP contribution in [0.15, 0.2) is 42.5 Å². The van der Waals surface area contributed by atoms with Gasteiger partial charge in [0, 0.05) is 38.8 Å². The number of nitrogens with zero attached hydrogens (tertiary/aromatic N) is 1. The van der Waals surface area contributed by atoms with Crippen molar-refractivity contribution < 1.29 is 38.6 Å². The number of amides is 2. The molecular weight excluding hydrogens is 504 g/mol. The standard InChI is InChI=1S/C20H22O4.C8H14N2O3.CH4O/c1-16-13-20(10-7-18(16)15-22)24-12-4-2-3-11-23-19-8-5-17(14-21)6-9-19;1-9-8(13)7(4-3-5-11)10(2)6-12;1-2/h5-10,13-15H,2-4,11-12H2,1H3;5-7H,3-4H2,1-2H3,(H,9,13);2H,1H3. The van der Waals surface area contributed by atoms with E-state index >= 15 is 0 Å². The van der Waals surface area contributed by atoms with E-state index < -0.39 is 6.04 Å². The van der Waals surface area contributed by atoms with Gasteiger partial charge in [0.05, 0.1) is 13.2 Å². The number of aryl methyl sites for hydroxylation is 1. The van der Waals surface area contributed by atoms with Crippen LogP contribution in [-0.4, -0.2) is 81.6 Å². The summed E-state index contributed by atoms with van der Waals surface area (Å²) in [5.41, 5.74) is 2.27. The molecule has 0 heterocycles. The third kappa shape index (κ3) is 14.5. The number of rotatable bonds is 16. The second kappa shape index (κ2) is 22.0. The summed E-state index contributed by atoms with van der Waals surface area (Å²) >= 11 is 0. The number of likely N-dealkylation sites (N-methyl/N-ethyl adjacent to an activating group) is 2. The van der Waals surface area contributed by atoms with Crippen LogP contribution < -0.4 is 14.8 Å². The molecule has 1 atom stereocenters. The molecule has 0 radical (unpaired) electrons. The van der Waals surface area contributed by atoms with E-state index in [1.54, 1.807) is 30.3 Å². The van der Waals surface area contributed by atoms with Crippen LogP contribution in [0.3, 0.4) is 0 Å². The zero-order chi connectivity index (χ0) is 29.5. The highest BCUT2D eigenvalue weighted by atomic mass is 16.5. The molecule has 0 fully saturated rings. The third-order valence-corrected chi connectivity index (χ3v) is 5.48. The maximum atomic E-state index is 11.2. The van der Waals surface area contributed by atoms with Gasteiger partial charge in [0.2, 0.25) is 12.3 Å². The second-order valence-electron chi connectivity index (χ2n) is 8.23. The minimum atomic E-state index is -0.548. The predicted octanol–water partition coefficient (Wildman–Crippen LogP) is 3.02. The number of hydrogen-bond donors (Lipinski definition) is 2. The molecule has 0 spiro atoms. The first-order valence-electron chi connectivity index (χ1n) is 12.5. The third-order valence-electron chi connectivity index (χ3n) is 5.48. The molecule has 214 valence electrons. The molecule has 0 saturated heterocycles. The van der Waals surface area contributed by atoms with Crippen molar-refractivity contribution in [3.05, 3.63) is 59.2 Å². The quantitative estimate of drug-likeness (QED) is 0.243. The summed E-state index contributed by atoms with van der Waals surface area (Å²) in [6.07, 6.45) is 6.51. The molecule has 2 amide bonds. The highest BCUT2D eigenvalue weighted by molar-refractivity contribution is 5.83. The summed E-state index contributed by atoms with van der Waals surface area (Å²) in [5.74, 6) is 1.32. The van der Waals surface area contributed by atoms with Crippen molar-refractivity contribution in [3.63, 3.8) is 0 Å². The lowest BCUT2D eigenvalue weighted by Crippen LogP contribution is -2.43. The van der Waals surface area contributed by atoms with Crippen LogP contribution in [0, 0.1) is 6.92 Å². The maximum absolute atomic E-state index is 11.2. The molecule has 0 aromatic heterocycles. The Morgan fingerprint density at radius 3 is 2.00 bits per heavy atom. The molecule has 0 saturated carbocycles. The molecule has 0 aliphatic carbocycles. The molecule has 10 heteroatoms. The summed E-state index contributed by atoms with van der Waals surface area (Å²) in [5, 5.41) is 9.43. The Bertz CT molecular complexity index is 995. The van der Waals surface area contributed by atoms with Gasteiger partial charge in [-0.2, -0.15) is 0 Å². The molecule has 2 N–H and O–H groups in total. The van der Waals surface area contributed by atoms with E-state index in [9.17, 15) is 24.0 Å².